The number of hydrogen-bond donors (Lipinski definition) is 2. The summed E-state index contributed by atoms with van der Waals surface area (Å²) in [6.07, 6.45) is 0.740. The predicted octanol–water partition coefficient (Wildman–Crippen LogP) is 3.59. The smallest absolute Gasteiger partial charge is 0.319 e. The normalized spacial score (nSPS) is 14.0. The average Bonchev–Trinajstić information content (AvgIpc) is 2.78. The molecule has 2 aromatic carbocycles. The summed E-state index contributed by atoms with van der Waals surface area (Å²) in [5.74, 6) is 0.368. The zero-order valence-electron chi connectivity index (χ0n) is 19.1. The van der Waals surface area contributed by atoms with E-state index in [9.17, 15) is 9.59 Å². The lowest BCUT2D eigenvalue weighted by molar-refractivity contribution is -0.137. The highest BCUT2D eigenvalue weighted by Crippen LogP contribution is 2.24. The molecule has 172 valence electrons. The van der Waals surface area contributed by atoms with Crippen LogP contribution in [0.15, 0.2) is 48.5 Å². The Balaban J connectivity index is 1.46. The molecule has 0 aromatic heterocycles. The van der Waals surface area contributed by atoms with Crippen molar-refractivity contribution >= 4 is 17.6 Å². The Morgan fingerprint density at radius 3 is 2.41 bits per heavy atom. The largest absolute Gasteiger partial charge is 0.482 e. The lowest BCUT2D eigenvalue weighted by Crippen LogP contribution is -2.43. The van der Waals surface area contributed by atoms with Crippen LogP contribution in [0.4, 0.5) is 10.5 Å². The summed E-state index contributed by atoms with van der Waals surface area (Å²) in [5, 5.41) is 5.68. The number of carbonyl (C=O) groups excluding carboxylic acids is 2. The predicted molar refractivity (Wildman–Crippen MR) is 125 cm³/mol. The van der Waals surface area contributed by atoms with Crippen molar-refractivity contribution in [2.75, 3.05) is 44.8 Å². The van der Waals surface area contributed by atoms with Crippen molar-refractivity contribution in [3.63, 3.8) is 0 Å². The summed E-state index contributed by atoms with van der Waals surface area (Å²) in [6.45, 7) is 9.24. The number of benzene rings is 2. The van der Waals surface area contributed by atoms with E-state index in [4.69, 9.17) is 9.47 Å². The lowest BCUT2D eigenvalue weighted by atomic mass is 9.86. The minimum atomic E-state index is -0.313. The molecule has 1 fully saturated rings. The van der Waals surface area contributed by atoms with Gasteiger partial charge in [-0.3, -0.25) is 4.79 Å². The molecule has 3 amide bonds. The lowest BCUT2D eigenvalue weighted by Gasteiger charge is -2.26. The van der Waals surface area contributed by atoms with Crippen LogP contribution in [0.1, 0.15) is 31.9 Å². The number of urea groups is 1. The zero-order valence-corrected chi connectivity index (χ0v) is 19.1. The molecule has 0 spiro atoms. The highest BCUT2D eigenvalue weighted by Gasteiger charge is 2.18. The summed E-state index contributed by atoms with van der Waals surface area (Å²) in [5.41, 5.74) is 3.10. The van der Waals surface area contributed by atoms with Gasteiger partial charge < -0.3 is 25.0 Å². The zero-order chi connectivity index (χ0) is 23.0. The number of ether oxygens (including phenoxy) is 2. The van der Waals surface area contributed by atoms with E-state index in [2.05, 4.69) is 55.7 Å². The van der Waals surface area contributed by atoms with Crippen LogP contribution in [0.2, 0.25) is 0 Å². The third-order valence-electron chi connectivity index (χ3n) is 5.37. The molecule has 7 nitrogen and oxygen atoms in total. The molecule has 0 atom stereocenters. The summed E-state index contributed by atoms with van der Waals surface area (Å²) in [4.78, 5) is 26.4. The molecule has 3 rings (SSSR count). The van der Waals surface area contributed by atoms with E-state index >= 15 is 0 Å². The Bertz CT molecular complexity index is 900. The van der Waals surface area contributed by atoms with E-state index in [0.717, 1.165) is 6.42 Å². The van der Waals surface area contributed by atoms with Gasteiger partial charge in [0.25, 0.3) is 5.91 Å². The van der Waals surface area contributed by atoms with Gasteiger partial charge in [0.05, 0.1) is 18.9 Å². The maximum atomic E-state index is 12.4. The fourth-order valence-corrected chi connectivity index (χ4v) is 3.40. The van der Waals surface area contributed by atoms with Gasteiger partial charge in [0.15, 0.2) is 6.61 Å². The van der Waals surface area contributed by atoms with Crippen molar-refractivity contribution < 1.29 is 19.1 Å². The van der Waals surface area contributed by atoms with Crippen molar-refractivity contribution in [1.82, 2.24) is 10.2 Å². The van der Waals surface area contributed by atoms with Crippen LogP contribution < -0.4 is 15.4 Å². The summed E-state index contributed by atoms with van der Waals surface area (Å²) in [6, 6.07) is 15.3. The second kappa shape index (κ2) is 11.0. The molecule has 1 heterocycles. The van der Waals surface area contributed by atoms with E-state index < -0.39 is 0 Å². The number of amides is 3. The van der Waals surface area contributed by atoms with Crippen LogP contribution in [0.3, 0.4) is 0 Å². The Labute approximate surface area is 190 Å². The van der Waals surface area contributed by atoms with Crippen LogP contribution in [0, 0.1) is 0 Å². The second-order valence-corrected chi connectivity index (χ2v) is 8.86. The summed E-state index contributed by atoms with van der Waals surface area (Å²) < 4.78 is 11.0. The van der Waals surface area contributed by atoms with Crippen molar-refractivity contribution in [3.8, 4) is 5.75 Å². The molecule has 2 N–H and O–H groups in total. The number of carbonyl (C=O) groups is 2. The molecule has 0 aliphatic carbocycles. The van der Waals surface area contributed by atoms with Gasteiger partial charge in [-0.25, -0.2) is 4.79 Å². The molecule has 1 aliphatic heterocycles. The molecule has 0 radical (unpaired) electrons. The first-order valence-electron chi connectivity index (χ1n) is 11.0. The highest BCUT2D eigenvalue weighted by molar-refractivity contribution is 5.91. The first-order valence-corrected chi connectivity index (χ1v) is 11.0. The molecular formula is C25H33N3O4. The van der Waals surface area contributed by atoms with Crippen LogP contribution in [0.25, 0.3) is 0 Å². The Morgan fingerprint density at radius 2 is 1.72 bits per heavy atom. The molecule has 32 heavy (non-hydrogen) atoms. The summed E-state index contributed by atoms with van der Waals surface area (Å²) in [7, 11) is 0. The Morgan fingerprint density at radius 1 is 1.03 bits per heavy atom. The van der Waals surface area contributed by atoms with Crippen molar-refractivity contribution in [2.24, 2.45) is 0 Å². The van der Waals surface area contributed by atoms with E-state index in [1.165, 1.54) is 11.1 Å². The number of nitrogens with one attached hydrogen (secondary N) is 2. The standard InChI is InChI=1S/C25H33N3O4/c1-25(2,3)20-10-8-19(9-11-20)12-13-26-24(30)27-21-6-4-5-7-22(21)32-18-23(29)28-14-16-31-17-15-28/h4-11H,12-18H2,1-3H3,(H2,26,27,30). The quantitative estimate of drug-likeness (QED) is 0.691. The van der Waals surface area contributed by atoms with E-state index in [1.54, 1.807) is 23.1 Å². The molecule has 1 saturated heterocycles. The van der Waals surface area contributed by atoms with Gasteiger partial charge in [0.2, 0.25) is 0 Å². The summed E-state index contributed by atoms with van der Waals surface area (Å²) >= 11 is 0. The fourth-order valence-electron chi connectivity index (χ4n) is 3.40. The Hall–Kier alpha value is -3.06. The Kier molecular flexibility index (Phi) is 8.11. The van der Waals surface area contributed by atoms with Crippen LogP contribution in [-0.2, 0) is 21.4 Å². The average molecular weight is 440 g/mol. The number of anilines is 1. The maximum Gasteiger partial charge on any atom is 0.319 e. The van der Waals surface area contributed by atoms with Crippen LogP contribution in [0.5, 0.6) is 5.75 Å². The van der Waals surface area contributed by atoms with Crippen molar-refractivity contribution in [1.29, 1.82) is 0 Å². The highest BCUT2D eigenvalue weighted by atomic mass is 16.5. The third-order valence-corrected chi connectivity index (χ3v) is 5.37. The van der Waals surface area contributed by atoms with Gasteiger partial charge >= 0.3 is 6.03 Å². The fraction of sp³-hybridized carbons (Fsp3) is 0.440. The van der Waals surface area contributed by atoms with Crippen LogP contribution >= 0.6 is 0 Å². The van der Waals surface area contributed by atoms with Crippen LogP contribution in [-0.4, -0.2) is 56.3 Å². The second-order valence-electron chi connectivity index (χ2n) is 8.86. The van der Waals surface area contributed by atoms with Crippen molar-refractivity contribution in [3.05, 3.63) is 59.7 Å². The van der Waals surface area contributed by atoms with Gasteiger partial charge in [-0.15, -0.1) is 0 Å². The molecule has 0 saturated carbocycles. The van der Waals surface area contributed by atoms with E-state index in [0.29, 0.717) is 44.3 Å². The molecule has 7 heteroatoms. The first kappa shape index (κ1) is 23.6. The first-order chi connectivity index (χ1) is 15.3. The number of para-hydroxylation sites is 2. The number of nitrogens with zero attached hydrogens (tertiary/aromatic N) is 1. The monoisotopic (exact) mass is 439 g/mol. The number of rotatable bonds is 7. The molecule has 0 bridgehead atoms. The van der Waals surface area contributed by atoms with Crippen molar-refractivity contribution in [2.45, 2.75) is 32.6 Å². The molecule has 0 unspecified atom stereocenters. The minimum absolute atomic E-state index is 0.0785. The number of hydrogen-bond acceptors (Lipinski definition) is 4. The van der Waals surface area contributed by atoms with Gasteiger partial charge in [-0.1, -0.05) is 57.2 Å². The SMILES string of the molecule is CC(C)(C)c1ccc(CCNC(=O)Nc2ccccc2OCC(=O)N2CCOCC2)cc1. The van der Waals surface area contributed by atoms with Gasteiger partial charge in [-0.05, 0) is 35.1 Å². The molecule has 1 aliphatic rings. The molecule has 2 aromatic rings. The molecular weight excluding hydrogens is 406 g/mol. The van der Waals surface area contributed by atoms with Gasteiger partial charge in [0.1, 0.15) is 5.75 Å². The van der Waals surface area contributed by atoms with E-state index in [-0.39, 0.29) is 24.0 Å². The maximum absolute atomic E-state index is 12.4. The topological polar surface area (TPSA) is 79.9 Å². The minimum Gasteiger partial charge on any atom is -0.482 e. The van der Waals surface area contributed by atoms with Gasteiger partial charge in [-0.2, -0.15) is 0 Å². The van der Waals surface area contributed by atoms with Gasteiger partial charge in [0, 0.05) is 19.6 Å². The van der Waals surface area contributed by atoms with E-state index in [1.807, 2.05) is 6.07 Å². The third kappa shape index (κ3) is 6.99. The number of morpholine rings is 1.